The number of aromatic nitrogens is 2. The first-order valence-corrected chi connectivity index (χ1v) is 7.67. The van der Waals surface area contributed by atoms with Gasteiger partial charge in [0.25, 0.3) is 5.56 Å². The molecule has 1 amide bonds. The lowest BCUT2D eigenvalue weighted by atomic mass is 10.3. The summed E-state index contributed by atoms with van der Waals surface area (Å²) < 4.78 is 1.97. The van der Waals surface area contributed by atoms with Crippen LogP contribution in [0, 0.1) is 5.92 Å². The summed E-state index contributed by atoms with van der Waals surface area (Å²) in [5.74, 6) is 0.592. The first-order chi connectivity index (χ1) is 9.61. The Hall–Kier alpha value is -1.37. The summed E-state index contributed by atoms with van der Waals surface area (Å²) in [4.78, 5) is 23.4. The Bertz CT molecular complexity index is 540. The summed E-state index contributed by atoms with van der Waals surface area (Å²) >= 11 is 3.30. The van der Waals surface area contributed by atoms with E-state index in [0.717, 1.165) is 0 Å². The lowest BCUT2D eigenvalue weighted by Gasteiger charge is -2.10. The Labute approximate surface area is 126 Å². The van der Waals surface area contributed by atoms with Crippen LogP contribution < -0.4 is 16.2 Å². The molecule has 0 bridgehead atoms. The Morgan fingerprint density at radius 2 is 2.30 bits per heavy atom. The van der Waals surface area contributed by atoms with Crippen molar-refractivity contribution in [2.24, 2.45) is 5.92 Å². The van der Waals surface area contributed by atoms with Gasteiger partial charge in [-0.15, -0.1) is 0 Å². The minimum atomic E-state index is -0.125. The molecule has 0 unspecified atom stereocenters. The quantitative estimate of drug-likeness (QED) is 0.784. The van der Waals surface area contributed by atoms with E-state index >= 15 is 0 Å². The molecule has 2 N–H and O–H groups in total. The van der Waals surface area contributed by atoms with Crippen LogP contribution in [0.3, 0.4) is 0 Å². The molecule has 0 radical (unpaired) electrons. The Morgan fingerprint density at radius 1 is 1.55 bits per heavy atom. The van der Waals surface area contributed by atoms with Gasteiger partial charge >= 0.3 is 0 Å². The molecule has 0 saturated heterocycles. The van der Waals surface area contributed by atoms with Gasteiger partial charge in [-0.2, -0.15) is 5.10 Å². The summed E-state index contributed by atoms with van der Waals surface area (Å²) in [6.45, 7) is 3.67. The molecule has 1 heterocycles. The van der Waals surface area contributed by atoms with Gasteiger partial charge in [0.2, 0.25) is 5.91 Å². The maximum absolute atomic E-state index is 12.1. The highest BCUT2D eigenvalue weighted by Gasteiger charge is 2.23. The molecule has 1 aromatic rings. The third-order valence-electron chi connectivity index (χ3n) is 3.15. The number of rotatable bonds is 7. The van der Waals surface area contributed by atoms with Gasteiger partial charge in [0.15, 0.2) is 0 Å². The normalized spacial score (nSPS) is 14.1. The van der Waals surface area contributed by atoms with Crippen LogP contribution in [0.15, 0.2) is 15.5 Å². The zero-order chi connectivity index (χ0) is 14.5. The standard InChI is InChI=1S/C13H19BrN4O2/c1-2-15-11(19)5-6-16-10-7-17-18(8-9-3-4-9)13(20)12(10)14/h7,9,16H,2-6,8H2,1H3,(H,15,19). The van der Waals surface area contributed by atoms with Crippen molar-refractivity contribution in [1.29, 1.82) is 0 Å². The number of nitrogens with one attached hydrogen (secondary N) is 2. The van der Waals surface area contributed by atoms with Crippen molar-refractivity contribution in [2.45, 2.75) is 32.7 Å². The average Bonchev–Trinajstić information content (AvgIpc) is 3.22. The van der Waals surface area contributed by atoms with E-state index in [2.05, 4.69) is 31.7 Å². The lowest BCUT2D eigenvalue weighted by Crippen LogP contribution is -2.27. The van der Waals surface area contributed by atoms with Gasteiger partial charge in [0.1, 0.15) is 4.47 Å². The fraction of sp³-hybridized carbons (Fsp3) is 0.615. The minimum absolute atomic E-state index is 0.00819. The second-order valence-electron chi connectivity index (χ2n) is 4.93. The van der Waals surface area contributed by atoms with Crippen molar-refractivity contribution in [2.75, 3.05) is 18.4 Å². The van der Waals surface area contributed by atoms with Crippen molar-refractivity contribution in [1.82, 2.24) is 15.1 Å². The van der Waals surface area contributed by atoms with E-state index in [0.29, 0.717) is 42.1 Å². The monoisotopic (exact) mass is 342 g/mol. The summed E-state index contributed by atoms with van der Waals surface area (Å²) in [6.07, 6.45) is 4.35. The fourth-order valence-corrected chi connectivity index (χ4v) is 2.31. The van der Waals surface area contributed by atoms with E-state index in [-0.39, 0.29) is 11.5 Å². The number of hydrogen-bond donors (Lipinski definition) is 2. The first kappa shape index (κ1) is 15.0. The van der Waals surface area contributed by atoms with Gasteiger partial charge in [-0.25, -0.2) is 4.68 Å². The molecule has 7 heteroatoms. The SMILES string of the molecule is CCNC(=O)CCNc1cnn(CC2CC2)c(=O)c1Br. The third kappa shape index (κ3) is 4.06. The van der Waals surface area contributed by atoms with Crippen molar-refractivity contribution < 1.29 is 4.79 Å². The maximum atomic E-state index is 12.1. The number of carbonyl (C=O) groups excluding carboxylic acids is 1. The van der Waals surface area contributed by atoms with Crippen LogP contribution in [0.2, 0.25) is 0 Å². The summed E-state index contributed by atoms with van der Waals surface area (Å²) in [7, 11) is 0. The Morgan fingerprint density at radius 3 is 2.95 bits per heavy atom. The summed E-state index contributed by atoms with van der Waals surface area (Å²) in [6, 6.07) is 0. The van der Waals surface area contributed by atoms with E-state index in [1.165, 1.54) is 17.5 Å². The van der Waals surface area contributed by atoms with Crippen LogP contribution in [-0.2, 0) is 11.3 Å². The van der Waals surface area contributed by atoms with E-state index in [4.69, 9.17) is 0 Å². The number of hydrogen-bond acceptors (Lipinski definition) is 4. The molecule has 110 valence electrons. The average molecular weight is 343 g/mol. The molecule has 0 atom stereocenters. The third-order valence-corrected chi connectivity index (χ3v) is 3.92. The Balaban J connectivity index is 1.93. The van der Waals surface area contributed by atoms with E-state index in [1.807, 2.05) is 6.92 Å². The van der Waals surface area contributed by atoms with E-state index in [9.17, 15) is 9.59 Å². The van der Waals surface area contributed by atoms with Gasteiger partial charge in [-0.1, -0.05) is 0 Å². The Kier molecular flexibility index (Phi) is 5.17. The highest BCUT2D eigenvalue weighted by Crippen LogP contribution is 2.30. The lowest BCUT2D eigenvalue weighted by molar-refractivity contribution is -0.120. The maximum Gasteiger partial charge on any atom is 0.283 e. The summed E-state index contributed by atoms with van der Waals surface area (Å²) in [5, 5.41) is 9.94. The van der Waals surface area contributed by atoms with Crippen LogP contribution in [0.4, 0.5) is 5.69 Å². The molecule has 1 saturated carbocycles. The number of halogens is 1. The molecule has 0 aromatic carbocycles. The van der Waals surface area contributed by atoms with Gasteiger partial charge in [-0.05, 0) is 41.6 Å². The highest BCUT2D eigenvalue weighted by atomic mass is 79.9. The number of amides is 1. The zero-order valence-electron chi connectivity index (χ0n) is 11.5. The van der Waals surface area contributed by atoms with Crippen molar-refractivity contribution >= 4 is 27.5 Å². The predicted octanol–water partition coefficient (Wildman–Crippen LogP) is 1.35. The van der Waals surface area contributed by atoms with Crippen LogP contribution in [0.5, 0.6) is 0 Å². The minimum Gasteiger partial charge on any atom is -0.382 e. The molecule has 0 spiro atoms. The molecule has 1 fully saturated rings. The van der Waals surface area contributed by atoms with Crippen molar-refractivity contribution in [3.05, 3.63) is 21.0 Å². The van der Waals surface area contributed by atoms with E-state index < -0.39 is 0 Å². The smallest absolute Gasteiger partial charge is 0.283 e. The van der Waals surface area contributed by atoms with Crippen LogP contribution in [-0.4, -0.2) is 28.8 Å². The number of nitrogens with zero attached hydrogens (tertiary/aromatic N) is 2. The first-order valence-electron chi connectivity index (χ1n) is 6.88. The van der Waals surface area contributed by atoms with Crippen LogP contribution in [0.25, 0.3) is 0 Å². The predicted molar refractivity (Wildman–Crippen MR) is 80.7 cm³/mol. The van der Waals surface area contributed by atoms with Gasteiger partial charge in [-0.3, -0.25) is 9.59 Å². The topological polar surface area (TPSA) is 76.0 Å². The molecule has 1 aliphatic rings. The molecule has 20 heavy (non-hydrogen) atoms. The van der Waals surface area contributed by atoms with Crippen molar-refractivity contribution in [3.63, 3.8) is 0 Å². The summed E-state index contributed by atoms with van der Waals surface area (Å²) in [5.41, 5.74) is 0.506. The molecular formula is C13H19BrN4O2. The molecule has 1 aliphatic carbocycles. The molecule has 2 rings (SSSR count). The highest BCUT2D eigenvalue weighted by molar-refractivity contribution is 9.10. The fourth-order valence-electron chi connectivity index (χ4n) is 1.86. The second kappa shape index (κ2) is 6.88. The molecular weight excluding hydrogens is 324 g/mol. The second-order valence-corrected chi connectivity index (χ2v) is 5.73. The number of carbonyl (C=O) groups is 1. The van der Waals surface area contributed by atoms with Gasteiger partial charge < -0.3 is 10.6 Å². The number of anilines is 1. The van der Waals surface area contributed by atoms with Crippen LogP contribution in [0.1, 0.15) is 26.2 Å². The zero-order valence-corrected chi connectivity index (χ0v) is 13.1. The largest absolute Gasteiger partial charge is 0.382 e. The molecule has 6 nitrogen and oxygen atoms in total. The van der Waals surface area contributed by atoms with E-state index in [1.54, 1.807) is 6.20 Å². The van der Waals surface area contributed by atoms with Crippen molar-refractivity contribution in [3.8, 4) is 0 Å². The van der Waals surface area contributed by atoms with Gasteiger partial charge in [0, 0.05) is 26.1 Å². The molecule has 1 aromatic heterocycles. The molecule has 0 aliphatic heterocycles. The van der Waals surface area contributed by atoms with Gasteiger partial charge in [0.05, 0.1) is 11.9 Å². The van der Waals surface area contributed by atoms with Crippen LogP contribution >= 0.6 is 15.9 Å².